The number of ether oxygens (including phenoxy) is 2. The number of carbonyl (C=O) groups is 1. The van der Waals surface area contributed by atoms with Gasteiger partial charge in [-0.25, -0.2) is 13.6 Å². The highest BCUT2D eigenvalue weighted by atomic mass is 19.2. The molecule has 1 heterocycles. The smallest absolute Gasteiger partial charge is 0.319 e. The lowest BCUT2D eigenvalue weighted by Crippen LogP contribution is -2.44. The van der Waals surface area contributed by atoms with Crippen molar-refractivity contribution in [1.29, 1.82) is 0 Å². The van der Waals surface area contributed by atoms with Gasteiger partial charge in [-0.2, -0.15) is 0 Å². The maximum Gasteiger partial charge on any atom is 0.319 e. The Morgan fingerprint density at radius 3 is 2.79 bits per heavy atom. The van der Waals surface area contributed by atoms with Crippen molar-refractivity contribution in [1.82, 2.24) is 5.32 Å². The maximum atomic E-state index is 13.1. The zero-order chi connectivity index (χ0) is 17.1. The largest absolute Gasteiger partial charge is 0.497 e. The van der Waals surface area contributed by atoms with Gasteiger partial charge in [-0.15, -0.1) is 0 Å². The van der Waals surface area contributed by atoms with E-state index in [9.17, 15) is 13.6 Å². The molecule has 2 amide bonds. The first-order chi connectivity index (χ1) is 11.5. The maximum absolute atomic E-state index is 13.1. The van der Waals surface area contributed by atoms with Crippen LogP contribution in [0.4, 0.5) is 19.3 Å². The van der Waals surface area contributed by atoms with E-state index in [1.54, 1.807) is 7.11 Å². The van der Waals surface area contributed by atoms with Crippen LogP contribution in [-0.2, 0) is 6.42 Å². The average Bonchev–Trinajstić information content (AvgIpc) is 2.57. The van der Waals surface area contributed by atoms with E-state index in [0.717, 1.165) is 23.4 Å². The molecule has 0 aromatic heterocycles. The van der Waals surface area contributed by atoms with Crippen LogP contribution in [0.2, 0.25) is 0 Å². The number of methoxy groups -OCH3 is 1. The van der Waals surface area contributed by atoms with E-state index >= 15 is 0 Å². The van der Waals surface area contributed by atoms with Gasteiger partial charge in [-0.3, -0.25) is 0 Å². The van der Waals surface area contributed by atoms with Crippen molar-refractivity contribution in [3.63, 3.8) is 0 Å². The lowest BCUT2D eigenvalue weighted by Gasteiger charge is -2.26. The van der Waals surface area contributed by atoms with Gasteiger partial charge in [0.25, 0.3) is 0 Å². The van der Waals surface area contributed by atoms with Gasteiger partial charge < -0.3 is 20.1 Å². The molecule has 0 saturated heterocycles. The van der Waals surface area contributed by atoms with Crippen molar-refractivity contribution in [2.24, 2.45) is 0 Å². The summed E-state index contributed by atoms with van der Waals surface area (Å²) in [4.78, 5) is 12.0. The number of carbonyl (C=O) groups excluding carboxylic acids is 1. The number of nitrogens with one attached hydrogen (secondary N) is 2. The molecule has 0 unspecified atom stereocenters. The highest BCUT2D eigenvalue weighted by Gasteiger charge is 2.22. The van der Waals surface area contributed by atoms with Crippen LogP contribution >= 0.6 is 0 Å². The molecule has 0 fully saturated rings. The van der Waals surface area contributed by atoms with Crippen molar-refractivity contribution in [3.05, 3.63) is 53.6 Å². The molecule has 7 heteroatoms. The zero-order valence-electron chi connectivity index (χ0n) is 12.9. The van der Waals surface area contributed by atoms with E-state index in [1.807, 2.05) is 18.2 Å². The number of urea groups is 1. The first kappa shape index (κ1) is 16.0. The SMILES string of the molecule is COc1ccc2c(c1)C[C@@H](NC(=O)Nc1ccc(F)c(F)c1)CO2. The normalized spacial score (nSPS) is 15.9. The Labute approximate surface area is 137 Å². The van der Waals surface area contributed by atoms with Gasteiger partial charge in [0.15, 0.2) is 11.6 Å². The van der Waals surface area contributed by atoms with Gasteiger partial charge in [0.05, 0.1) is 13.2 Å². The highest BCUT2D eigenvalue weighted by molar-refractivity contribution is 5.89. The summed E-state index contributed by atoms with van der Waals surface area (Å²) in [6.45, 7) is 0.324. The quantitative estimate of drug-likeness (QED) is 0.907. The fraction of sp³-hybridized carbons (Fsp3) is 0.235. The molecule has 1 aliphatic rings. The van der Waals surface area contributed by atoms with Crippen LogP contribution < -0.4 is 20.1 Å². The average molecular weight is 334 g/mol. The van der Waals surface area contributed by atoms with Crippen molar-refractivity contribution in [3.8, 4) is 11.5 Å². The number of anilines is 1. The molecule has 1 atom stereocenters. The van der Waals surface area contributed by atoms with Crippen molar-refractivity contribution in [2.45, 2.75) is 12.5 Å². The molecule has 2 aromatic rings. The van der Waals surface area contributed by atoms with Crippen molar-refractivity contribution < 1.29 is 23.0 Å². The van der Waals surface area contributed by atoms with E-state index in [0.29, 0.717) is 18.8 Å². The minimum atomic E-state index is -1.02. The molecule has 0 saturated carbocycles. The molecule has 0 bridgehead atoms. The molecule has 126 valence electrons. The standard InChI is InChI=1S/C17H16F2N2O3/c1-23-13-3-5-16-10(7-13)6-12(9-24-16)21-17(22)20-11-2-4-14(18)15(19)8-11/h2-5,7-8,12H,6,9H2,1H3,(H2,20,21,22)/t12-/m1/s1. The second kappa shape index (κ2) is 6.74. The molecule has 0 aliphatic carbocycles. The second-order valence-electron chi connectivity index (χ2n) is 5.41. The number of hydrogen-bond acceptors (Lipinski definition) is 3. The first-order valence-electron chi connectivity index (χ1n) is 7.37. The summed E-state index contributed by atoms with van der Waals surface area (Å²) < 4.78 is 36.8. The molecular weight excluding hydrogens is 318 g/mol. The summed E-state index contributed by atoms with van der Waals surface area (Å²) in [5, 5.41) is 5.21. The predicted molar refractivity (Wildman–Crippen MR) is 84.5 cm³/mol. The summed E-state index contributed by atoms with van der Waals surface area (Å²) in [5.41, 5.74) is 1.10. The molecule has 1 aliphatic heterocycles. The molecule has 24 heavy (non-hydrogen) atoms. The van der Waals surface area contributed by atoms with Gasteiger partial charge in [-0.05, 0) is 42.3 Å². The lowest BCUT2D eigenvalue weighted by atomic mass is 10.0. The predicted octanol–water partition coefficient (Wildman–Crippen LogP) is 3.10. The van der Waals surface area contributed by atoms with E-state index in [4.69, 9.17) is 9.47 Å². The molecular formula is C17H16F2N2O3. The number of hydrogen-bond donors (Lipinski definition) is 2. The fourth-order valence-electron chi connectivity index (χ4n) is 2.52. The van der Waals surface area contributed by atoms with Crippen LogP contribution in [0, 0.1) is 11.6 Å². The first-order valence-corrected chi connectivity index (χ1v) is 7.37. The van der Waals surface area contributed by atoms with Gasteiger partial charge in [0.1, 0.15) is 18.1 Å². The molecule has 0 radical (unpaired) electrons. The lowest BCUT2D eigenvalue weighted by molar-refractivity contribution is 0.222. The minimum Gasteiger partial charge on any atom is -0.497 e. The van der Waals surface area contributed by atoms with Crippen LogP contribution in [0.3, 0.4) is 0 Å². The molecule has 5 nitrogen and oxygen atoms in total. The van der Waals surface area contributed by atoms with Crippen molar-refractivity contribution in [2.75, 3.05) is 19.0 Å². The Hall–Kier alpha value is -2.83. The number of benzene rings is 2. The number of halogens is 2. The number of rotatable bonds is 3. The van der Waals surface area contributed by atoms with Crippen LogP contribution in [0.1, 0.15) is 5.56 Å². The zero-order valence-corrected chi connectivity index (χ0v) is 12.9. The Kier molecular flexibility index (Phi) is 4.50. The Bertz CT molecular complexity index is 767. The van der Waals surface area contributed by atoms with E-state index in [2.05, 4.69) is 10.6 Å². The third-order valence-electron chi connectivity index (χ3n) is 3.69. The second-order valence-corrected chi connectivity index (χ2v) is 5.41. The van der Waals surface area contributed by atoms with E-state index < -0.39 is 17.7 Å². The number of amides is 2. The van der Waals surface area contributed by atoms with Crippen LogP contribution in [0.25, 0.3) is 0 Å². The molecule has 2 aromatic carbocycles. The summed E-state index contributed by atoms with van der Waals surface area (Å²) in [7, 11) is 1.58. The Morgan fingerprint density at radius 2 is 2.04 bits per heavy atom. The third-order valence-corrected chi connectivity index (χ3v) is 3.69. The number of fused-ring (bicyclic) bond motifs is 1. The highest BCUT2D eigenvalue weighted by Crippen LogP contribution is 2.28. The van der Waals surface area contributed by atoms with Gasteiger partial charge in [0.2, 0.25) is 0 Å². The molecule has 3 rings (SSSR count). The van der Waals surface area contributed by atoms with Gasteiger partial charge in [0, 0.05) is 11.8 Å². The monoisotopic (exact) mass is 334 g/mol. The van der Waals surface area contributed by atoms with Crippen LogP contribution in [0.5, 0.6) is 11.5 Å². The summed E-state index contributed by atoms with van der Waals surface area (Å²) in [6, 6.07) is 7.90. The van der Waals surface area contributed by atoms with Crippen LogP contribution in [0.15, 0.2) is 36.4 Å². The third kappa shape index (κ3) is 3.56. The Morgan fingerprint density at radius 1 is 1.21 bits per heavy atom. The molecule has 2 N–H and O–H groups in total. The fourth-order valence-corrected chi connectivity index (χ4v) is 2.52. The molecule has 0 spiro atoms. The summed E-state index contributed by atoms with van der Waals surface area (Å²) in [5.74, 6) is -0.513. The Balaban J connectivity index is 1.61. The summed E-state index contributed by atoms with van der Waals surface area (Å²) in [6.07, 6.45) is 0.581. The topological polar surface area (TPSA) is 59.6 Å². The minimum absolute atomic E-state index is 0.171. The van der Waals surface area contributed by atoms with E-state index in [1.165, 1.54) is 6.07 Å². The van der Waals surface area contributed by atoms with E-state index in [-0.39, 0.29) is 11.7 Å². The van der Waals surface area contributed by atoms with Crippen LogP contribution in [-0.4, -0.2) is 25.8 Å². The summed E-state index contributed by atoms with van der Waals surface area (Å²) >= 11 is 0. The van der Waals surface area contributed by atoms with Gasteiger partial charge >= 0.3 is 6.03 Å². The van der Waals surface area contributed by atoms with Gasteiger partial charge in [-0.1, -0.05) is 0 Å². The van der Waals surface area contributed by atoms with Crippen molar-refractivity contribution >= 4 is 11.7 Å².